The molecule has 128 valence electrons. The van der Waals surface area contributed by atoms with Crippen LogP contribution < -0.4 is 5.19 Å². The molecule has 3 nitrogen and oxygen atoms in total. The average molecular weight is 336 g/mol. The van der Waals surface area contributed by atoms with Gasteiger partial charge < -0.3 is 4.74 Å². The summed E-state index contributed by atoms with van der Waals surface area (Å²) >= 11 is 0. The first kappa shape index (κ1) is 15.2. The fourth-order valence-electron chi connectivity index (χ4n) is 3.62. The lowest BCUT2D eigenvalue weighted by atomic mass is 9.80. The third-order valence-electron chi connectivity index (χ3n) is 4.86. The van der Waals surface area contributed by atoms with Crippen molar-refractivity contribution in [2.45, 2.75) is 71.1 Å². The van der Waals surface area contributed by atoms with E-state index >= 15 is 0 Å². The Morgan fingerprint density at radius 1 is 1.17 bits per heavy atom. The summed E-state index contributed by atoms with van der Waals surface area (Å²) in [5, 5.41) is 0.935. The highest BCUT2D eigenvalue weighted by Crippen LogP contribution is 2.38. The van der Waals surface area contributed by atoms with Crippen LogP contribution in [0.1, 0.15) is 49.7 Å². The molecule has 2 rings (SSSR count). The lowest BCUT2D eigenvalue weighted by molar-refractivity contribution is -0.0194. The number of carbonyl (C=O) groups excluding carboxylic acids is 1. The maximum Gasteiger partial charge on any atom is 0.410 e. The highest BCUT2D eigenvalue weighted by molar-refractivity contribution is 6.89. The van der Waals surface area contributed by atoms with E-state index < -0.39 is 20.3 Å². The van der Waals surface area contributed by atoms with Crippen molar-refractivity contribution < 1.29 is 12.3 Å². The molecule has 1 aromatic rings. The standard InChI is InChI=1S/C19H31NO2Si/c1-18(2)13-10-14-19(3,4)20(18)17(21)22-15-23(5,6)16-11-8-7-9-12-16/h7-9,11-12H,10,13-15H2,1-6H3/i15D2. The van der Waals surface area contributed by atoms with Crippen LogP contribution in [-0.4, -0.2) is 36.3 Å². The van der Waals surface area contributed by atoms with Gasteiger partial charge in [-0.2, -0.15) is 0 Å². The number of nitrogens with zero attached hydrogens (tertiary/aromatic N) is 1. The molecule has 1 aromatic carbocycles. The fourth-order valence-corrected chi connectivity index (χ4v) is 5.11. The zero-order chi connectivity index (χ0) is 19.1. The summed E-state index contributed by atoms with van der Waals surface area (Å²) in [6.45, 7) is 11.9. The van der Waals surface area contributed by atoms with Gasteiger partial charge in [0.25, 0.3) is 0 Å². The minimum absolute atomic E-state index is 0.340. The van der Waals surface area contributed by atoms with Crippen LogP contribution in [0.3, 0.4) is 0 Å². The number of piperidine rings is 1. The van der Waals surface area contributed by atoms with Gasteiger partial charge in [0.2, 0.25) is 0 Å². The highest BCUT2D eigenvalue weighted by atomic mass is 28.3. The van der Waals surface area contributed by atoms with Crippen LogP contribution in [0.5, 0.6) is 0 Å². The third-order valence-corrected chi connectivity index (χ3v) is 7.25. The molecule has 0 bridgehead atoms. The SMILES string of the molecule is [2H]C([2H])(OC(=O)N1C(C)(C)CCCC1(C)C)[Si](C)(C)c1ccccc1. The lowest BCUT2D eigenvalue weighted by Crippen LogP contribution is -2.61. The van der Waals surface area contributed by atoms with E-state index in [1.54, 1.807) is 4.90 Å². The van der Waals surface area contributed by atoms with E-state index in [0.717, 1.165) is 24.4 Å². The minimum Gasteiger partial charge on any atom is -0.453 e. The van der Waals surface area contributed by atoms with E-state index in [-0.39, 0.29) is 11.1 Å². The van der Waals surface area contributed by atoms with E-state index in [4.69, 9.17) is 7.48 Å². The topological polar surface area (TPSA) is 29.5 Å². The van der Waals surface area contributed by atoms with Crippen molar-refractivity contribution in [3.05, 3.63) is 30.3 Å². The van der Waals surface area contributed by atoms with Gasteiger partial charge in [0, 0.05) is 11.1 Å². The van der Waals surface area contributed by atoms with Crippen LogP contribution >= 0.6 is 0 Å². The number of likely N-dealkylation sites (tertiary alicyclic amines) is 1. The summed E-state index contributed by atoms with van der Waals surface area (Å²) in [7, 11) is -2.66. The van der Waals surface area contributed by atoms with Crippen LogP contribution in [0.4, 0.5) is 4.79 Å². The van der Waals surface area contributed by atoms with E-state index in [9.17, 15) is 4.79 Å². The summed E-state index contributed by atoms with van der Waals surface area (Å²) in [6, 6.07) is 9.56. The van der Waals surface area contributed by atoms with Crippen LogP contribution in [0.2, 0.25) is 13.1 Å². The van der Waals surface area contributed by atoms with Gasteiger partial charge in [-0.3, -0.25) is 4.90 Å². The largest absolute Gasteiger partial charge is 0.453 e. The predicted molar refractivity (Wildman–Crippen MR) is 98.8 cm³/mol. The second-order valence-corrected chi connectivity index (χ2v) is 12.3. The Morgan fingerprint density at radius 2 is 1.70 bits per heavy atom. The molecule has 1 heterocycles. The van der Waals surface area contributed by atoms with Crippen molar-refractivity contribution in [1.82, 2.24) is 4.90 Å². The quantitative estimate of drug-likeness (QED) is 0.770. The lowest BCUT2D eigenvalue weighted by Gasteiger charge is -2.52. The van der Waals surface area contributed by atoms with Crippen LogP contribution in [0.25, 0.3) is 0 Å². The Labute approximate surface area is 144 Å². The van der Waals surface area contributed by atoms with Gasteiger partial charge in [-0.25, -0.2) is 4.79 Å². The highest BCUT2D eigenvalue weighted by Gasteiger charge is 2.45. The van der Waals surface area contributed by atoms with Gasteiger partial charge in [-0.05, 0) is 47.0 Å². The maximum atomic E-state index is 13.0. The molecular formula is C19H31NO2Si. The van der Waals surface area contributed by atoms with E-state index in [1.807, 2.05) is 71.1 Å². The summed E-state index contributed by atoms with van der Waals surface area (Å²) in [6.07, 6.45) is 0.314. The number of amides is 1. The van der Waals surface area contributed by atoms with Crippen molar-refractivity contribution >= 4 is 19.4 Å². The normalized spacial score (nSPS) is 22.1. The van der Waals surface area contributed by atoms with Crippen LogP contribution in [0, 0.1) is 0 Å². The number of benzene rings is 1. The van der Waals surface area contributed by atoms with E-state index in [0.29, 0.717) is 0 Å². The van der Waals surface area contributed by atoms with Gasteiger partial charge >= 0.3 is 6.09 Å². The molecule has 1 amide bonds. The molecule has 1 aliphatic rings. The van der Waals surface area contributed by atoms with Crippen molar-refractivity contribution in [3.63, 3.8) is 0 Å². The van der Waals surface area contributed by atoms with Gasteiger partial charge in [0.1, 0.15) is 8.07 Å². The summed E-state index contributed by atoms with van der Waals surface area (Å²) in [5.41, 5.74) is -0.680. The summed E-state index contributed by atoms with van der Waals surface area (Å²) in [4.78, 5) is 14.8. The maximum absolute atomic E-state index is 13.0. The smallest absolute Gasteiger partial charge is 0.410 e. The molecule has 4 heteroatoms. The molecule has 1 saturated heterocycles. The van der Waals surface area contributed by atoms with Crippen molar-refractivity contribution in [3.8, 4) is 0 Å². The summed E-state index contributed by atoms with van der Waals surface area (Å²) < 4.78 is 22.6. The Bertz CT molecular complexity index is 614. The van der Waals surface area contributed by atoms with Crippen LogP contribution in [-0.2, 0) is 4.74 Å². The van der Waals surface area contributed by atoms with Crippen LogP contribution in [0.15, 0.2) is 30.3 Å². The molecule has 0 spiro atoms. The molecular weight excluding hydrogens is 302 g/mol. The van der Waals surface area contributed by atoms with Crippen molar-refractivity contribution in [2.75, 3.05) is 6.18 Å². The molecule has 0 atom stereocenters. The molecule has 23 heavy (non-hydrogen) atoms. The first-order valence-corrected chi connectivity index (χ1v) is 11.4. The Hall–Kier alpha value is -1.29. The van der Waals surface area contributed by atoms with Gasteiger partial charge in [0.05, 0.1) is 8.92 Å². The Balaban J connectivity index is 2.29. The average Bonchev–Trinajstić information content (AvgIpc) is 2.45. The number of carbonyl (C=O) groups is 1. The van der Waals surface area contributed by atoms with E-state index in [2.05, 4.69) is 0 Å². The Morgan fingerprint density at radius 3 is 2.22 bits per heavy atom. The molecule has 0 saturated carbocycles. The zero-order valence-corrected chi connectivity index (χ0v) is 16.3. The first-order chi connectivity index (χ1) is 11.3. The van der Waals surface area contributed by atoms with Crippen molar-refractivity contribution in [2.24, 2.45) is 0 Å². The number of rotatable bonds is 3. The monoisotopic (exact) mass is 335 g/mol. The number of ether oxygens (including phenoxy) is 1. The molecule has 1 fully saturated rings. The minimum atomic E-state index is -2.66. The molecule has 0 aliphatic carbocycles. The predicted octanol–water partition coefficient (Wildman–Crippen LogP) is 4.32. The van der Waals surface area contributed by atoms with Gasteiger partial charge in [-0.1, -0.05) is 48.6 Å². The van der Waals surface area contributed by atoms with E-state index in [1.165, 1.54) is 0 Å². The summed E-state index contributed by atoms with van der Waals surface area (Å²) in [5.74, 6) is 0. The fraction of sp³-hybridized carbons (Fsp3) is 0.632. The third kappa shape index (κ3) is 3.97. The molecule has 1 aliphatic heterocycles. The number of hydrogen-bond acceptors (Lipinski definition) is 2. The molecule has 0 N–H and O–H groups in total. The number of hydrogen-bond donors (Lipinski definition) is 0. The van der Waals surface area contributed by atoms with Crippen molar-refractivity contribution in [1.29, 1.82) is 0 Å². The molecule has 0 unspecified atom stereocenters. The zero-order valence-electron chi connectivity index (χ0n) is 17.3. The molecule has 0 radical (unpaired) electrons. The second-order valence-electron chi connectivity index (χ2n) is 8.27. The molecule has 0 aromatic heterocycles. The second kappa shape index (κ2) is 6.31. The Kier molecular flexibility index (Phi) is 4.18. The van der Waals surface area contributed by atoms with Gasteiger partial charge in [0.15, 0.2) is 0 Å². The first-order valence-electron chi connectivity index (χ1n) is 9.40. The van der Waals surface area contributed by atoms with Gasteiger partial charge in [-0.15, -0.1) is 0 Å².